The number of rotatable bonds is 6. The maximum atomic E-state index is 13.3. The van der Waals surface area contributed by atoms with Gasteiger partial charge >= 0.3 is 6.03 Å². The molecule has 0 aliphatic carbocycles. The molecule has 0 heterocycles. The molecule has 0 radical (unpaired) electrons. The lowest BCUT2D eigenvalue weighted by Gasteiger charge is -2.18. The summed E-state index contributed by atoms with van der Waals surface area (Å²) in [6.07, 6.45) is 5.12. The topological polar surface area (TPSA) is 70.6 Å². The molecule has 2 amide bonds. The minimum absolute atomic E-state index is 0.0525. The standard InChI is InChI=1S/C18H17FN2O3/c1-2-10-24-17-11-14(19)8-9-15(17)20-18(23)21-16(12-22)13-6-4-3-5-7-13/h1,3-9,11,16,22H,10,12H2,(H2,20,21,23). The third kappa shape index (κ3) is 4.73. The zero-order chi connectivity index (χ0) is 17.4. The van der Waals surface area contributed by atoms with Crippen LogP contribution in [0.5, 0.6) is 5.75 Å². The largest absolute Gasteiger partial charge is 0.479 e. The summed E-state index contributed by atoms with van der Waals surface area (Å²) in [7, 11) is 0. The molecule has 5 nitrogen and oxygen atoms in total. The predicted molar refractivity (Wildman–Crippen MR) is 89.2 cm³/mol. The molecule has 0 spiro atoms. The van der Waals surface area contributed by atoms with Crippen molar-refractivity contribution in [3.63, 3.8) is 0 Å². The van der Waals surface area contributed by atoms with Crippen molar-refractivity contribution in [1.29, 1.82) is 0 Å². The lowest BCUT2D eigenvalue weighted by molar-refractivity contribution is 0.225. The number of hydrogen-bond donors (Lipinski definition) is 3. The Bertz CT molecular complexity index is 729. The van der Waals surface area contributed by atoms with E-state index in [1.54, 1.807) is 12.1 Å². The summed E-state index contributed by atoms with van der Waals surface area (Å²) in [5.41, 5.74) is 1.03. The van der Waals surface area contributed by atoms with Gasteiger partial charge in [-0.25, -0.2) is 9.18 Å². The number of hydrogen-bond acceptors (Lipinski definition) is 3. The van der Waals surface area contributed by atoms with Gasteiger partial charge in [-0.15, -0.1) is 6.42 Å². The van der Waals surface area contributed by atoms with Gasteiger partial charge in [0.1, 0.15) is 18.2 Å². The Hall–Kier alpha value is -3.04. The number of halogens is 1. The van der Waals surface area contributed by atoms with Gasteiger partial charge in [0.2, 0.25) is 0 Å². The lowest BCUT2D eigenvalue weighted by Crippen LogP contribution is -2.34. The fourth-order valence-corrected chi connectivity index (χ4v) is 2.07. The number of anilines is 1. The molecule has 1 atom stereocenters. The summed E-state index contributed by atoms with van der Waals surface area (Å²) < 4.78 is 18.5. The van der Waals surface area contributed by atoms with Gasteiger partial charge in [0.25, 0.3) is 0 Å². The highest BCUT2D eigenvalue weighted by molar-refractivity contribution is 5.91. The van der Waals surface area contributed by atoms with Crippen molar-refractivity contribution < 1.29 is 19.0 Å². The van der Waals surface area contributed by atoms with Gasteiger partial charge in [-0.05, 0) is 17.7 Å². The second-order valence-corrected chi connectivity index (χ2v) is 4.88. The third-order valence-corrected chi connectivity index (χ3v) is 3.19. The van der Waals surface area contributed by atoms with Crippen LogP contribution in [0, 0.1) is 18.2 Å². The molecule has 0 saturated heterocycles. The van der Waals surface area contributed by atoms with E-state index in [0.29, 0.717) is 0 Å². The quantitative estimate of drug-likeness (QED) is 0.714. The molecule has 6 heteroatoms. The van der Waals surface area contributed by atoms with E-state index in [1.165, 1.54) is 12.1 Å². The van der Waals surface area contributed by atoms with Crippen molar-refractivity contribution in [2.24, 2.45) is 0 Å². The molecule has 24 heavy (non-hydrogen) atoms. The molecule has 0 aliphatic heterocycles. The van der Waals surface area contributed by atoms with Gasteiger partial charge < -0.3 is 20.5 Å². The first kappa shape index (κ1) is 17.3. The number of carbonyl (C=O) groups is 1. The number of aliphatic hydroxyl groups excluding tert-OH is 1. The molecule has 2 aromatic rings. The minimum Gasteiger partial charge on any atom is -0.479 e. The molecular formula is C18H17FN2O3. The monoisotopic (exact) mass is 328 g/mol. The van der Waals surface area contributed by atoms with Crippen LogP contribution in [0.3, 0.4) is 0 Å². The van der Waals surface area contributed by atoms with E-state index in [0.717, 1.165) is 11.6 Å². The van der Waals surface area contributed by atoms with Gasteiger partial charge in [0.15, 0.2) is 0 Å². The van der Waals surface area contributed by atoms with Crippen molar-refractivity contribution in [2.75, 3.05) is 18.5 Å². The molecular weight excluding hydrogens is 311 g/mol. The van der Waals surface area contributed by atoms with Crippen molar-refractivity contribution >= 4 is 11.7 Å². The van der Waals surface area contributed by atoms with E-state index in [1.807, 2.05) is 18.2 Å². The normalized spacial score (nSPS) is 11.2. The Morgan fingerprint density at radius 3 is 2.71 bits per heavy atom. The number of aliphatic hydroxyl groups is 1. The summed E-state index contributed by atoms with van der Waals surface area (Å²) in [6.45, 7) is -0.315. The number of ether oxygens (including phenoxy) is 1. The average Bonchev–Trinajstić information content (AvgIpc) is 2.60. The minimum atomic E-state index is -0.568. The SMILES string of the molecule is C#CCOc1cc(F)ccc1NC(=O)NC(CO)c1ccccc1. The van der Waals surface area contributed by atoms with Gasteiger partial charge in [0.05, 0.1) is 18.3 Å². The molecule has 0 fully saturated rings. The second kappa shape index (κ2) is 8.56. The first-order valence-electron chi connectivity index (χ1n) is 7.23. The first-order chi connectivity index (χ1) is 11.6. The Morgan fingerprint density at radius 2 is 2.04 bits per heavy atom. The predicted octanol–water partition coefficient (Wildman–Crippen LogP) is 2.69. The molecule has 1 unspecified atom stereocenters. The Morgan fingerprint density at radius 1 is 1.29 bits per heavy atom. The van der Waals surface area contributed by atoms with Crippen LogP contribution in [0.1, 0.15) is 11.6 Å². The summed E-state index contributed by atoms with van der Waals surface area (Å²) >= 11 is 0. The van der Waals surface area contributed by atoms with Crippen molar-refractivity contribution in [3.8, 4) is 18.1 Å². The number of urea groups is 1. The van der Waals surface area contributed by atoms with Crippen LogP contribution in [0.2, 0.25) is 0 Å². The maximum Gasteiger partial charge on any atom is 0.319 e. The van der Waals surface area contributed by atoms with E-state index in [-0.39, 0.29) is 24.7 Å². The highest BCUT2D eigenvalue weighted by Gasteiger charge is 2.15. The number of carbonyl (C=O) groups excluding carboxylic acids is 1. The summed E-state index contributed by atoms with van der Waals surface area (Å²) in [4.78, 5) is 12.1. The maximum absolute atomic E-state index is 13.3. The Kier molecular flexibility index (Phi) is 6.17. The van der Waals surface area contributed by atoms with Gasteiger partial charge in [0, 0.05) is 6.07 Å². The number of nitrogens with one attached hydrogen (secondary N) is 2. The fourth-order valence-electron chi connectivity index (χ4n) is 2.07. The summed E-state index contributed by atoms with van der Waals surface area (Å²) in [5.74, 6) is 1.89. The third-order valence-electron chi connectivity index (χ3n) is 3.19. The first-order valence-corrected chi connectivity index (χ1v) is 7.23. The van der Waals surface area contributed by atoms with E-state index in [9.17, 15) is 14.3 Å². The Balaban J connectivity index is 2.08. The van der Waals surface area contributed by atoms with E-state index in [4.69, 9.17) is 11.2 Å². The van der Waals surface area contributed by atoms with Gasteiger partial charge in [-0.2, -0.15) is 0 Å². The lowest BCUT2D eigenvalue weighted by atomic mass is 10.1. The molecule has 0 bridgehead atoms. The second-order valence-electron chi connectivity index (χ2n) is 4.88. The smallest absolute Gasteiger partial charge is 0.319 e. The molecule has 0 saturated carbocycles. The highest BCUT2D eigenvalue weighted by atomic mass is 19.1. The number of terminal acetylenes is 1. The zero-order valence-corrected chi connectivity index (χ0v) is 12.8. The van der Waals surface area contributed by atoms with Crippen molar-refractivity contribution in [1.82, 2.24) is 5.32 Å². The summed E-state index contributed by atoms with van der Waals surface area (Å²) in [6, 6.07) is 11.6. The number of benzene rings is 2. The van der Waals surface area contributed by atoms with Gasteiger partial charge in [-0.1, -0.05) is 36.3 Å². The molecule has 124 valence electrons. The van der Waals surface area contributed by atoms with Crippen LogP contribution < -0.4 is 15.4 Å². The van der Waals surface area contributed by atoms with E-state index >= 15 is 0 Å². The van der Waals surface area contributed by atoms with Crippen LogP contribution in [0.15, 0.2) is 48.5 Å². The molecule has 0 aliphatic rings. The van der Waals surface area contributed by atoms with Crippen molar-refractivity contribution in [2.45, 2.75) is 6.04 Å². The van der Waals surface area contributed by atoms with Crippen molar-refractivity contribution in [3.05, 3.63) is 59.9 Å². The Labute approximate surface area is 139 Å². The molecule has 3 N–H and O–H groups in total. The van der Waals surface area contributed by atoms with E-state index in [2.05, 4.69) is 16.6 Å². The van der Waals surface area contributed by atoms with Crippen LogP contribution in [0.4, 0.5) is 14.9 Å². The number of amides is 2. The molecule has 2 rings (SSSR count). The fraction of sp³-hybridized carbons (Fsp3) is 0.167. The van der Waals surface area contributed by atoms with Crippen LogP contribution in [-0.2, 0) is 0 Å². The molecule has 2 aromatic carbocycles. The van der Waals surface area contributed by atoms with Crippen LogP contribution in [0.25, 0.3) is 0 Å². The van der Waals surface area contributed by atoms with Crippen LogP contribution in [-0.4, -0.2) is 24.4 Å². The summed E-state index contributed by atoms with van der Waals surface area (Å²) in [5, 5.41) is 14.7. The van der Waals surface area contributed by atoms with Gasteiger partial charge in [-0.3, -0.25) is 0 Å². The highest BCUT2D eigenvalue weighted by Crippen LogP contribution is 2.25. The average molecular weight is 328 g/mol. The molecule has 0 aromatic heterocycles. The zero-order valence-electron chi connectivity index (χ0n) is 12.8. The van der Waals surface area contributed by atoms with E-state index < -0.39 is 17.9 Å². The van der Waals surface area contributed by atoms with Crippen LogP contribution >= 0.6 is 0 Å².